The molecule has 2 aliphatic heterocycles. The average molecular weight is 1320 g/mol. The molecular weight excluding hydrogens is 1240 g/mol. The maximum atomic E-state index is 13.6. The maximum Gasteiger partial charge on any atom is 0.373 e. The predicted octanol–water partition coefficient (Wildman–Crippen LogP) is -3.76. The zero-order valence-corrected chi connectivity index (χ0v) is 51.3. The number of carbonyl (C=O) groups excluding carboxylic acids is 6. The lowest BCUT2D eigenvalue weighted by molar-refractivity contribution is -0.271. The number of nitrogens with one attached hydrogen (secondary N) is 1. The lowest BCUT2D eigenvalue weighted by Gasteiger charge is -2.38. The number of aliphatic hydroxyl groups excluding tert-OH is 6. The van der Waals surface area contributed by atoms with Crippen LogP contribution in [0.1, 0.15) is 63.5 Å². The predicted molar refractivity (Wildman–Crippen MR) is 308 cm³/mol. The fourth-order valence-electron chi connectivity index (χ4n) is 8.63. The van der Waals surface area contributed by atoms with Crippen molar-refractivity contribution in [3.8, 4) is 11.5 Å². The van der Waals surface area contributed by atoms with E-state index >= 15 is 0 Å². The number of carboxylic acid groups (broad SMARTS) is 1. The molecular formula is C57H81N9O27. The Kier molecular flexibility index (Phi) is 34.5. The molecule has 516 valence electrons. The lowest BCUT2D eigenvalue weighted by Crippen LogP contribution is -2.61. The summed E-state index contributed by atoms with van der Waals surface area (Å²) in [6, 6.07) is 8.70. The number of ketones is 1. The van der Waals surface area contributed by atoms with Gasteiger partial charge in [-0.2, -0.15) is 9.59 Å². The number of nitrogens with zero attached hydrogens (tertiary/aromatic N) is 7. The Morgan fingerprint density at radius 2 is 1.10 bits per heavy atom. The van der Waals surface area contributed by atoms with Gasteiger partial charge >= 0.3 is 24.1 Å². The minimum absolute atomic E-state index is 0.00209. The van der Waals surface area contributed by atoms with Crippen molar-refractivity contribution < 1.29 is 131 Å². The molecule has 2 aliphatic rings. The van der Waals surface area contributed by atoms with Crippen LogP contribution in [0.5, 0.6) is 11.5 Å². The number of aryl methyl sites for hydroxylation is 1. The molecule has 2 fully saturated rings. The summed E-state index contributed by atoms with van der Waals surface area (Å²) in [7, 11) is 0. The number of rotatable bonds is 43. The van der Waals surface area contributed by atoms with Crippen molar-refractivity contribution in [2.24, 2.45) is 5.90 Å². The van der Waals surface area contributed by atoms with Gasteiger partial charge in [0.25, 0.3) is 5.91 Å². The molecule has 2 aromatic carbocycles. The minimum Gasteiger partial charge on any atom is -0.479 e. The summed E-state index contributed by atoms with van der Waals surface area (Å²) >= 11 is 0. The summed E-state index contributed by atoms with van der Waals surface area (Å²) in [4.78, 5) is 84.5. The van der Waals surface area contributed by atoms with E-state index < -0.39 is 79.1 Å². The van der Waals surface area contributed by atoms with Crippen LogP contribution in [0, 0.1) is 0 Å². The van der Waals surface area contributed by atoms with Gasteiger partial charge in [0.15, 0.2) is 11.9 Å². The number of esters is 2. The number of aliphatic hydroxyl groups is 6. The van der Waals surface area contributed by atoms with Crippen LogP contribution in [0.3, 0.4) is 0 Å². The number of hydrogen-bond donors (Lipinski definition) is 9. The molecule has 9 atom stereocenters. The van der Waals surface area contributed by atoms with Gasteiger partial charge in [-0.1, -0.05) is 22.6 Å². The van der Waals surface area contributed by atoms with E-state index in [1.165, 1.54) is 48.9 Å². The Hall–Kier alpha value is -7.43. The van der Waals surface area contributed by atoms with Crippen molar-refractivity contribution in [3.05, 3.63) is 82.4 Å². The first kappa shape index (κ1) is 76.3. The number of aliphatic carboxylic acids is 1. The van der Waals surface area contributed by atoms with E-state index in [0.717, 1.165) is 0 Å². The molecule has 36 nitrogen and oxygen atoms in total. The van der Waals surface area contributed by atoms with Crippen molar-refractivity contribution >= 4 is 35.7 Å². The van der Waals surface area contributed by atoms with Crippen LogP contribution in [-0.4, -0.2) is 274 Å². The summed E-state index contributed by atoms with van der Waals surface area (Å²) in [6.45, 7) is 8.74. The first-order valence-electron chi connectivity index (χ1n) is 29.4. The number of nitrogens with two attached hydrogens (primary N) is 1. The number of ether oxygens (including phenoxy) is 12. The number of carbonyl (C=O) groups is 5. The molecule has 6 rings (SSSR count). The number of hydrogen-bond acceptors (Lipinski definition) is 32. The second kappa shape index (κ2) is 42.0. The van der Waals surface area contributed by atoms with Crippen LogP contribution in [-0.2, 0) is 115 Å². The van der Waals surface area contributed by atoms with Gasteiger partial charge in [0.1, 0.15) is 67.0 Å². The van der Waals surface area contributed by atoms with Crippen LogP contribution in [0.25, 0.3) is 0 Å². The smallest absolute Gasteiger partial charge is 0.373 e. The lowest BCUT2D eigenvalue weighted by atomic mass is 9.99. The largest absolute Gasteiger partial charge is 0.479 e. The third kappa shape index (κ3) is 27.2. The normalized spacial score (nSPS) is 20.3. The molecule has 1 amide bonds. The Balaban J connectivity index is 0.00000512. The summed E-state index contributed by atoms with van der Waals surface area (Å²) in [5.74, 6) is 1.18. The fraction of sp³-hybridized carbons (Fsp3) is 0.614. The van der Waals surface area contributed by atoms with Gasteiger partial charge in [-0.05, 0) is 35.4 Å². The summed E-state index contributed by atoms with van der Waals surface area (Å²) < 4.78 is 69.8. The first-order valence-corrected chi connectivity index (χ1v) is 29.4. The molecule has 0 bridgehead atoms. The number of benzene rings is 2. The third-order valence-electron chi connectivity index (χ3n) is 13.5. The average Bonchev–Trinajstić information content (AvgIpc) is 1.32. The van der Waals surface area contributed by atoms with Gasteiger partial charge in [0, 0.05) is 52.5 Å². The van der Waals surface area contributed by atoms with Gasteiger partial charge in [0.2, 0.25) is 12.6 Å². The molecule has 0 saturated carbocycles. The van der Waals surface area contributed by atoms with Crippen LogP contribution in [0.15, 0.2) is 48.8 Å². The molecule has 36 heteroatoms. The highest BCUT2D eigenvalue weighted by Gasteiger charge is 2.48. The van der Waals surface area contributed by atoms with E-state index in [1.54, 1.807) is 23.1 Å². The molecule has 0 spiro atoms. The quantitative estimate of drug-likeness (QED) is 0.00889. The molecule has 0 aliphatic carbocycles. The van der Waals surface area contributed by atoms with Crippen LogP contribution < -0.4 is 20.7 Å². The van der Waals surface area contributed by atoms with E-state index in [0.29, 0.717) is 128 Å². The molecule has 2 aromatic heterocycles. The second-order valence-electron chi connectivity index (χ2n) is 20.5. The molecule has 4 aromatic rings. The standard InChI is InChI=1S/C56H81N9O25.CO2/c1-35(66)84-32-37-3-7-45(88-55-50(73)47(70)44(69)34-86-55)41(27-37)43(68)6-5-39-30-64(61-59-39)12-17-81-21-19-78-14-9-63(11-16-80-23-24-83-25-26-87-57)10-15-79-20-22-82-18-13-65-31-40(60-62-65)29-58-53(75)42-28-38(33-85-36(2)67)4-8-46(42)89-56-51(74)48(71)49(72)52(90-56)54(76)77;2-1-3/h3-4,7-8,27-28,30-31,44,47-52,55-56,69-74H,5-6,9-26,29,32-34,57H2,1-2H3,(H,58,75)(H,76,77);/t44-,47+,48+,49+,50-,51-,52+,55+,56-;/m1./s1. The van der Waals surface area contributed by atoms with Crippen molar-refractivity contribution in [1.82, 2.24) is 40.2 Å². The number of carboxylic acids is 1. The summed E-state index contributed by atoms with van der Waals surface area (Å²) in [5.41, 5.74) is 1.84. The third-order valence-corrected chi connectivity index (χ3v) is 13.5. The van der Waals surface area contributed by atoms with Crippen molar-refractivity contribution in [3.63, 3.8) is 0 Å². The van der Waals surface area contributed by atoms with E-state index in [9.17, 15) is 59.7 Å². The Labute approximate surface area is 532 Å². The van der Waals surface area contributed by atoms with Gasteiger partial charge < -0.3 is 103 Å². The topological polar surface area (TPSA) is 484 Å². The molecule has 93 heavy (non-hydrogen) atoms. The SMILES string of the molecule is CC(=O)OCc1ccc(O[C@@H]2OC[C@@H](O)[C@H](O)[C@H]2O)c(C(=O)CCc2cn(CCOCCOCCN(CCOCCOCCON)CCOCCOCCn3cc(CNC(=O)c4cc(COC(C)=O)ccc4O[C@@H]4O[C@H](C(=O)O)[C@@H](O)[C@H](O)[C@H]4O)nn3)nn2)c1.O=C=O. The second-order valence-corrected chi connectivity index (χ2v) is 20.5. The molecule has 2 saturated heterocycles. The van der Waals surface area contributed by atoms with E-state index in [-0.39, 0.29) is 87.0 Å². The number of amides is 1. The highest BCUT2D eigenvalue weighted by molar-refractivity contribution is 5.99. The van der Waals surface area contributed by atoms with Crippen molar-refractivity contribution in [2.45, 2.75) is 115 Å². The number of aromatic nitrogens is 6. The van der Waals surface area contributed by atoms with Crippen LogP contribution in [0.2, 0.25) is 0 Å². The van der Waals surface area contributed by atoms with Gasteiger partial charge in [-0.3, -0.25) is 24.1 Å². The summed E-state index contributed by atoms with van der Waals surface area (Å²) in [6.07, 6.45) is -11.5. The van der Waals surface area contributed by atoms with Crippen molar-refractivity contribution in [2.75, 3.05) is 112 Å². The molecule has 10 N–H and O–H groups in total. The summed E-state index contributed by atoms with van der Waals surface area (Å²) in [5, 5.41) is 89.9. The highest BCUT2D eigenvalue weighted by atomic mass is 16.7. The van der Waals surface area contributed by atoms with Gasteiger partial charge in [-0.25, -0.2) is 20.1 Å². The Morgan fingerprint density at radius 1 is 0.624 bits per heavy atom. The van der Waals surface area contributed by atoms with Crippen molar-refractivity contribution in [1.29, 1.82) is 0 Å². The van der Waals surface area contributed by atoms with Gasteiger partial charge in [-0.15, -0.1) is 10.2 Å². The molecule has 0 unspecified atom stereocenters. The zero-order valence-electron chi connectivity index (χ0n) is 51.3. The monoisotopic (exact) mass is 1320 g/mol. The first-order chi connectivity index (χ1) is 44.8. The molecule has 4 heterocycles. The van der Waals surface area contributed by atoms with Gasteiger partial charge in [0.05, 0.1) is 135 Å². The van der Waals surface area contributed by atoms with E-state index in [1.807, 2.05) is 0 Å². The Morgan fingerprint density at radius 3 is 1.63 bits per heavy atom. The Bertz CT molecular complexity index is 2930. The molecule has 0 radical (unpaired) electrons. The van der Waals surface area contributed by atoms with Crippen LogP contribution >= 0.6 is 0 Å². The zero-order chi connectivity index (χ0) is 67.5. The number of Topliss-reactive ketones (excluding diaryl/α,β-unsaturated/α-hetero) is 1. The van der Waals surface area contributed by atoms with Crippen LogP contribution in [0.4, 0.5) is 0 Å². The van der Waals surface area contributed by atoms with E-state index in [4.69, 9.17) is 72.3 Å². The fourth-order valence-corrected chi connectivity index (χ4v) is 8.63. The minimum atomic E-state index is -1.96. The maximum absolute atomic E-state index is 13.6. The highest BCUT2D eigenvalue weighted by Crippen LogP contribution is 2.30. The van der Waals surface area contributed by atoms with E-state index in [2.05, 4.69) is 35.7 Å².